The first-order chi connectivity index (χ1) is 17.8. The highest BCUT2D eigenvalue weighted by Gasteiger charge is 2.25. The van der Waals surface area contributed by atoms with Crippen LogP contribution in [0.5, 0.6) is 0 Å². The maximum Gasteiger partial charge on any atom is 0.284 e. The Kier molecular flexibility index (Phi) is 11.4. The van der Waals surface area contributed by atoms with E-state index in [0.29, 0.717) is 34.3 Å². The minimum Gasteiger partial charge on any atom is -0.391 e. The minimum atomic E-state index is -1.03. The minimum absolute atomic E-state index is 0.0908. The molecule has 2 heterocycles. The second kappa shape index (κ2) is 14.5. The summed E-state index contributed by atoms with van der Waals surface area (Å²) in [5.74, 6) is -0.656. The molecule has 3 aromatic rings. The van der Waals surface area contributed by atoms with Crippen molar-refractivity contribution < 1.29 is 19.6 Å². The lowest BCUT2D eigenvalue weighted by atomic mass is 10.2. The number of benzene rings is 1. The lowest BCUT2D eigenvalue weighted by molar-refractivity contribution is -0.387. The van der Waals surface area contributed by atoms with Gasteiger partial charge in [0, 0.05) is 41.7 Å². The third kappa shape index (κ3) is 8.55. The Bertz CT molecular complexity index is 1220. The fraction of sp³-hybridized carbons (Fsp3) is 0.364. The van der Waals surface area contributed by atoms with E-state index in [9.17, 15) is 24.8 Å². The van der Waals surface area contributed by atoms with Gasteiger partial charge in [-0.15, -0.1) is 22.7 Å². The molecule has 0 fully saturated rings. The maximum atomic E-state index is 12.7. The number of aliphatic hydroxyl groups is 1. The van der Waals surface area contributed by atoms with Crippen LogP contribution in [0, 0.1) is 10.1 Å². The molecule has 3 rings (SSSR count). The van der Waals surface area contributed by atoms with E-state index in [-0.39, 0.29) is 18.1 Å². The normalized spacial score (nSPS) is 12.6. The first-order valence-corrected chi connectivity index (χ1v) is 14.9. The first kappa shape index (κ1) is 29.1. The Balaban J connectivity index is 1.51. The van der Waals surface area contributed by atoms with Crippen LogP contribution in [0.2, 0.25) is 0 Å². The summed E-state index contributed by atoms with van der Waals surface area (Å²) >= 11 is 7.01. The zero-order valence-corrected chi connectivity index (χ0v) is 23.7. The van der Waals surface area contributed by atoms with Crippen molar-refractivity contribution in [3.63, 3.8) is 0 Å². The molecule has 198 valence electrons. The number of alkyl halides is 1. The number of nitrogens with zero attached hydrogens (tertiary/aromatic N) is 3. The summed E-state index contributed by atoms with van der Waals surface area (Å²) in [6.45, 7) is 2.32. The number of rotatable bonds is 14. The van der Waals surface area contributed by atoms with E-state index in [1.54, 1.807) is 23.6 Å². The first-order valence-electron chi connectivity index (χ1n) is 11.2. The number of nitro benzene ring substituents is 1. The summed E-state index contributed by atoms with van der Waals surface area (Å²) in [4.78, 5) is 44.8. The summed E-state index contributed by atoms with van der Waals surface area (Å²) in [6.07, 6.45) is 0.264. The van der Waals surface area contributed by atoms with Gasteiger partial charge in [0.1, 0.15) is 27.3 Å². The second-order valence-electron chi connectivity index (χ2n) is 7.67. The molecular weight excluding hydrogens is 604 g/mol. The number of nitrogens with one attached hydrogen (secondary N) is 3. The summed E-state index contributed by atoms with van der Waals surface area (Å²) < 4.78 is 2.83. The monoisotopic (exact) mass is 628 g/mol. The van der Waals surface area contributed by atoms with Crippen LogP contribution < -0.4 is 15.4 Å². The van der Waals surface area contributed by atoms with Gasteiger partial charge in [-0.05, 0) is 31.4 Å². The van der Waals surface area contributed by atoms with Gasteiger partial charge in [-0.25, -0.2) is 14.7 Å². The molecule has 2 atom stereocenters. The van der Waals surface area contributed by atoms with E-state index in [2.05, 4.69) is 41.3 Å². The van der Waals surface area contributed by atoms with Gasteiger partial charge in [-0.2, -0.15) is 0 Å². The van der Waals surface area contributed by atoms with Crippen molar-refractivity contribution in [2.45, 2.75) is 36.8 Å². The Labute approximate surface area is 233 Å². The molecule has 0 saturated heterocycles. The predicted molar refractivity (Wildman–Crippen MR) is 148 cm³/mol. The number of carbonyl (C=O) groups excluding carboxylic acids is 2. The van der Waals surface area contributed by atoms with Crippen LogP contribution >= 0.6 is 50.6 Å². The van der Waals surface area contributed by atoms with Crippen molar-refractivity contribution in [3.05, 3.63) is 55.8 Å². The maximum absolute atomic E-state index is 12.7. The number of hydrogen-bond acceptors (Lipinski definition) is 11. The fourth-order valence-corrected chi connectivity index (χ4v) is 5.82. The van der Waals surface area contributed by atoms with Crippen LogP contribution in [0.3, 0.4) is 0 Å². The molecule has 11 nitrogen and oxygen atoms in total. The van der Waals surface area contributed by atoms with Crippen LogP contribution in [0.15, 0.2) is 39.9 Å². The number of carbonyl (C=O) groups is 2. The largest absolute Gasteiger partial charge is 0.391 e. The molecule has 2 amide bonds. The molecule has 15 heteroatoms. The van der Waals surface area contributed by atoms with Gasteiger partial charge >= 0.3 is 0 Å². The molecule has 2 aromatic heterocycles. The molecule has 0 aliphatic rings. The van der Waals surface area contributed by atoms with Crippen LogP contribution in [0.1, 0.15) is 28.8 Å². The van der Waals surface area contributed by atoms with Crippen molar-refractivity contribution in [1.82, 2.24) is 25.3 Å². The van der Waals surface area contributed by atoms with Crippen LogP contribution in [0.25, 0.3) is 10.7 Å². The number of halogens is 1. The average molecular weight is 630 g/mol. The lowest BCUT2D eigenvalue weighted by Gasteiger charge is -2.20. The van der Waals surface area contributed by atoms with Crippen molar-refractivity contribution in [2.24, 2.45) is 0 Å². The smallest absolute Gasteiger partial charge is 0.284 e. The van der Waals surface area contributed by atoms with Crippen molar-refractivity contribution >= 4 is 68.1 Å². The standard InChI is InChI=1S/C22H25BrN6O5S3/c1-13(30)19(28-37-17-6-3-2-5-16(17)29(33)34)21(32)25-10-7-18-26-15(12-35-18)22-27-14(11-36-22)20(31)24-9-4-8-23/h2-3,5-6,11-13,19,28,30H,4,7-10H2,1H3,(H,24,31)(H,25,32)/t13-,19+/m1/s1. The lowest BCUT2D eigenvalue weighted by Crippen LogP contribution is -2.48. The van der Waals surface area contributed by atoms with Gasteiger partial charge in [-0.3, -0.25) is 19.7 Å². The van der Waals surface area contributed by atoms with E-state index in [1.165, 1.54) is 35.7 Å². The van der Waals surface area contributed by atoms with Crippen molar-refractivity contribution in [1.29, 1.82) is 0 Å². The second-order valence-corrected chi connectivity index (χ2v) is 11.1. The molecule has 0 saturated carbocycles. The van der Waals surface area contributed by atoms with Gasteiger partial charge < -0.3 is 15.7 Å². The highest BCUT2D eigenvalue weighted by atomic mass is 79.9. The third-order valence-corrected chi connectivity index (χ3v) is 8.14. The topological polar surface area (TPSA) is 159 Å². The van der Waals surface area contributed by atoms with E-state index < -0.39 is 23.0 Å². The van der Waals surface area contributed by atoms with Crippen molar-refractivity contribution in [3.8, 4) is 10.7 Å². The number of thiazole rings is 2. The molecule has 0 aliphatic carbocycles. The van der Waals surface area contributed by atoms with Gasteiger partial charge in [0.05, 0.1) is 16.0 Å². The van der Waals surface area contributed by atoms with Gasteiger partial charge in [0.25, 0.3) is 11.6 Å². The predicted octanol–water partition coefficient (Wildman–Crippen LogP) is 3.39. The highest BCUT2D eigenvalue weighted by Crippen LogP contribution is 2.27. The molecule has 37 heavy (non-hydrogen) atoms. The number of aromatic nitrogens is 2. The van der Waals surface area contributed by atoms with Crippen LogP contribution in [0.4, 0.5) is 5.69 Å². The van der Waals surface area contributed by atoms with Crippen LogP contribution in [-0.4, -0.2) is 62.4 Å². The number of amides is 2. The Morgan fingerprint density at radius 3 is 2.70 bits per heavy atom. The molecule has 0 aliphatic heterocycles. The number of hydrogen-bond donors (Lipinski definition) is 4. The summed E-state index contributed by atoms with van der Waals surface area (Å²) in [5, 5.41) is 32.6. The number of aliphatic hydroxyl groups excluding tert-OH is 1. The molecule has 0 radical (unpaired) electrons. The highest BCUT2D eigenvalue weighted by molar-refractivity contribution is 9.09. The van der Waals surface area contributed by atoms with E-state index in [1.807, 2.05) is 5.38 Å². The van der Waals surface area contributed by atoms with E-state index >= 15 is 0 Å². The average Bonchev–Trinajstić information content (AvgIpc) is 3.54. The Morgan fingerprint density at radius 2 is 1.97 bits per heavy atom. The molecule has 0 bridgehead atoms. The quantitative estimate of drug-likeness (QED) is 0.0689. The van der Waals surface area contributed by atoms with E-state index in [0.717, 1.165) is 28.7 Å². The van der Waals surface area contributed by atoms with Gasteiger partial charge in [0.2, 0.25) is 5.91 Å². The molecule has 4 N–H and O–H groups in total. The molecule has 0 spiro atoms. The SMILES string of the molecule is C[C@@H](O)[C@H](NSc1ccccc1[N+](=O)[O-])C(=O)NCCc1nc(-c2nc(C(=O)NCCCBr)cs2)cs1. The zero-order chi connectivity index (χ0) is 26.8. The Morgan fingerprint density at radius 1 is 1.19 bits per heavy atom. The van der Waals surface area contributed by atoms with Crippen LogP contribution in [-0.2, 0) is 11.2 Å². The van der Waals surface area contributed by atoms with Gasteiger partial charge in [-0.1, -0.05) is 28.1 Å². The summed E-state index contributed by atoms with van der Waals surface area (Å²) in [7, 11) is 0. The number of para-hydroxylation sites is 1. The summed E-state index contributed by atoms with van der Waals surface area (Å²) in [6, 6.07) is 5.17. The van der Waals surface area contributed by atoms with Crippen molar-refractivity contribution in [2.75, 3.05) is 18.4 Å². The third-order valence-electron chi connectivity index (χ3n) is 4.86. The van der Waals surface area contributed by atoms with E-state index in [4.69, 9.17) is 0 Å². The fourth-order valence-electron chi connectivity index (χ4n) is 2.97. The molecule has 1 aromatic carbocycles. The molecule has 0 unspecified atom stereocenters. The Hall–Kier alpha value is -2.43. The summed E-state index contributed by atoms with van der Waals surface area (Å²) in [5.41, 5.74) is 0.930. The number of nitro groups is 1. The van der Waals surface area contributed by atoms with Gasteiger partial charge in [0.15, 0.2) is 0 Å². The zero-order valence-electron chi connectivity index (χ0n) is 19.7. The molecular formula is C22H25BrN6O5S3.